The number of nitrogens with zero attached hydrogens (tertiary/aromatic N) is 2. The van der Waals surface area contributed by atoms with Crippen molar-refractivity contribution in [3.63, 3.8) is 0 Å². The van der Waals surface area contributed by atoms with Gasteiger partial charge in [-0.3, -0.25) is 19.4 Å². The van der Waals surface area contributed by atoms with E-state index in [1.54, 1.807) is 29.2 Å². The minimum absolute atomic E-state index is 0.0675. The summed E-state index contributed by atoms with van der Waals surface area (Å²) in [6.07, 6.45) is 0. The van der Waals surface area contributed by atoms with Crippen LogP contribution in [0.2, 0.25) is 0 Å². The molecule has 0 aliphatic carbocycles. The van der Waals surface area contributed by atoms with E-state index in [4.69, 9.17) is 10.5 Å². The molecule has 148 valence electrons. The summed E-state index contributed by atoms with van der Waals surface area (Å²) in [6.45, 7) is 2.13. The number of anilines is 2. The standard InChI is InChI=1S/C17H18BrN5O4S/c18-11-3-1-10(2-4-11)15(25)20-13-14(19)21-17(22-16(13)26)28-9-12(24)23-5-7-27-8-6-23/h1-4H,5-9H2,(H,20,25)(H3,19,21,22,26). The van der Waals surface area contributed by atoms with Crippen molar-refractivity contribution in [1.82, 2.24) is 14.9 Å². The zero-order valence-corrected chi connectivity index (χ0v) is 17.1. The number of nitrogens with two attached hydrogens (primary N) is 1. The van der Waals surface area contributed by atoms with E-state index in [0.29, 0.717) is 31.9 Å². The molecule has 1 aliphatic heterocycles. The fourth-order valence-electron chi connectivity index (χ4n) is 2.48. The molecule has 28 heavy (non-hydrogen) atoms. The monoisotopic (exact) mass is 467 g/mol. The summed E-state index contributed by atoms with van der Waals surface area (Å²) in [7, 11) is 0. The molecule has 1 aromatic carbocycles. The van der Waals surface area contributed by atoms with Crippen molar-refractivity contribution in [3.8, 4) is 0 Å². The Balaban J connectivity index is 1.65. The molecule has 0 saturated carbocycles. The van der Waals surface area contributed by atoms with E-state index in [0.717, 1.165) is 16.2 Å². The average Bonchev–Trinajstić information content (AvgIpc) is 2.70. The van der Waals surface area contributed by atoms with Gasteiger partial charge >= 0.3 is 0 Å². The Labute approximate surface area is 173 Å². The van der Waals surface area contributed by atoms with Crippen LogP contribution < -0.4 is 16.6 Å². The van der Waals surface area contributed by atoms with Gasteiger partial charge in [0.05, 0.1) is 19.0 Å². The second kappa shape index (κ2) is 9.22. The molecule has 0 spiro atoms. The number of hydrogen-bond donors (Lipinski definition) is 3. The number of morpholine rings is 1. The summed E-state index contributed by atoms with van der Waals surface area (Å²) in [5.41, 5.74) is 5.50. The molecule has 2 amide bonds. The zero-order chi connectivity index (χ0) is 20.1. The summed E-state index contributed by atoms with van der Waals surface area (Å²) >= 11 is 4.37. The Bertz CT molecular complexity index is 928. The van der Waals surface area contributed by atoms with Crippen molar-refractivity contribution >= 4 is 51.0 Å². The molecular formula is C17H18BrN5O4S. The molecule has 2 aromatic rings. The first kappa shape index (κ1) is 20.4. The SMILES string of the molecule is Nc1nc(SCC(=O)N2CCOCC2)[nH]c(=O)c1NC(=O)c1ccc(Br)cc1. The fourth-order valence-corrected chi connectivity index (χ4v) is 3.51. The average molecular weight is 468 g/mol. The summed E-state index contributed by atoms with van der Waals surface area (Å²) in [4.78, 5) is 45.1. The Morgan fingerprint density at radius 2 is 1.96 bits per heavy atom. The number of thioether (sulfide) groups is 1. The highest BCUT2D eigenvalue weighted by molar-refractivity contribution is 9.10. The Kier molecular flexibility index (Phi) is 6.70. The smallest absolute Gasteiger partial charge is 0.277 e. The van der Waals surface area contributed by atoms with Crippen molar-refractivity contribution in [1.29, 1.82) is 0 Å². The number of benzene rings is 1. The molecule has 4 N–H and O–H groups in total. The maximum absolute atomic E-state index is 12.3. The van der Waals surface area contributed by atoms with Gasteiger partial charge in [-0.2, -0.15) is 0 Å². The normalized spacial score (nSPS) is 14.0. The molecule has 1 aliphatic rings. The van der Waals surface area contributed by atoms with Gasteiger partial charge in [-0.05, 0) is 24.3 Å². The van der Waals surface area contributed by atoms with Crippen molar-refractivity contribution in [2.75, 3.05) is 43.1 Å². The number of amides is 2. The number of hydrogen-bond acceptors (Lipinski definition) is 7. The number of aromatic nitrogens is 2. The summed E-state index contributed by atoms with van der Waals surface area (Å²) < 4.78 is 6.04. The second-order valence-electron chi connectivity index (χ2n) is 5.87. The number of ether oxygens (including phenoxy) is 1. The number of nitrogens with one attached hydrogen (secondary N) is 2. The van der Waals surface area contributed by atoms with E-state index in [1.807, 2.05) is 0 Å². The predicted molar refractivity (Wildman–Crippen MR) is 109 cm³/mol. The van der Waals surface area contributed by atoms with Crippen LogP contribution in [-0.2, 0) is 9.53 Å². The number of H-pyrrole nitrogens is 1. The van der Waals surface area contributed by atoms with Crippen LogP contribution in [0.15, 0.2) is 38.7 Å². The molecule has 0 atom stereocenters. The third kappa shape index (κ3) is 5.12. The number of carbonyl (C=O) groups excluding carboxylic acids is 2. The predicted octanol–water partition coefficient (Wildman–Crippen LogP) is 1.32. The molecule has 0 unspecified atom stereocenters. The summed E-state index contributed by atoms with van der Waals surface area (Å²) in [5, 5.41) is 2.69. The summed E-state index contributed by atoms with van der Waals surface area (Å²) in [6, 6.07) is 6.65. The van der Waals surface area contributed by atoms with Crippen LogP contribution in [0.4, 0.5) is 11.5 Å². The van der Waals surface area contributed by atoms with Crippen LogP contribution in [0.3, 0.4) is 0 Å². The van der Waals surface area contributed by atoms with Crippen LogP contribution in [0.25, 0.3) is 0 Å². The largest absolute Gasteiger partial charge is 0.382 e. The molecule has 0 radical (unpaired) electrons. The Morgan fingerprint density at radius 3 is 2.61 bits per heavy atom. The third-order valence-corrected chi connectivity index (χ3v) is 5.35. The minimum Gasteiger partial charge on any atom is -0.382 e. The molecule has 0 bridgehead atoms. The fraction of sp³-hybridized carbons (Fsp3) is 0.294. The number of carbonyl (C=O) groups is 2. The first-order valence-electron chi connectivity index (χ1n) is 8.39. The van der Waals surface area contributed by atoms with Crippen LogP contribution in [0.1, 0.15) is 10.4 Å². The molecule has 11 heteroatoms. The first-order chi connectivity index (χ1) is 13.4. The Morgan fingerprint density at radius 1 is 1.29 bits per heavy atom. The Hall–Kier alpha value is -2.37. The maximum atomic E-state index is 12.3. The van der Waals surface area contributed by atoms with Gasteiger partial charge < -0.3 is 20.7 Å². The molecule has 1 aromatic heterocycles. The lowest BCUT2D eigenvalue weighted by molar-refractivity contribution is -0.132. The van der Waals surface area contributed by atoms with Gasteiger partial charge in [0.25, 0.3) is 11.5 Å². The number of rotatable bonds is 5. The van der Waals surface area contributed by atoms with Gasteiger partial charge in [-0.25, -0.2) is 4.98 Å². The van der Waals surface area contributed by atoms with Crippen LogP contribution in [0.5, 0.6) is 0 Å². The molecule has 3 rings (SSSR count). The lowest BCUT2D eigenvalue weighted by atomic mass is 10.2. The van der Waals surface area contributed by atoms with Gasteiger partial charge in [0.2, 0.25) is 5.91 Å². The van der Waals surface area contributed by atoms with Crippen molar-refractivity contribution in [3.05, 3.63) is 44.7 Å². The molecule has 9 nitrogen and oxygen atoms in total. The van der Waals surface area contributed by atoms with E-state index in [-0.39, 0.29) is 28.3 Å². The van der Waals surface area contributed by atoms with Crippen LogP contribution >= 0.6 is 27.7 Å². The number of halogens is 1. The highest BCUT2D eigenvalue weighted by Crippen LogP contribution is 2.18. The van der Waals surface area contributed by atoms with Gasteiger partial charge in [0.15, 0.2) is 11.0 Å². The van der Waals surface area contributed by atoms with Gasteiger partial charge in [-0.15, -0.1) is 0 Å². The lowest BCUT2D eigenvalue weighted by Gasteiger charge is -2.26. The third-order valence-electron chi connectivity index (χ3n) is 3.97. The van der Waals surface area contributed by atoms with Gasteiger partial charge in [0, 0.05) is 23.1 Å². The molecule has 2 heterocycles. The molecule has 1 saturated heterocycles. The number of aromatic amines is 1. The quantitative estimate of drug-likeness (QED) is 0.446. The molecule has 1 fully saturated rings. The van der Waals surface area contributed by atoms with Crippen molar-refractivity contribution in [2.45, 2.75) is 5.16 Å². The first-order valence-corrected chi connectivity index (χ1v) is 10.2. The van der Waals surface area contributed by atoms with Crippen LogP contribution in [-0.4, -0.2) is 58.7 Å². The second-order valence-corrected chi connectivity index (χ2v) is 7.75. The van der Waals surface area contributed by atoms with E-state index in [2.05, 4.69) is 31.2 Å². The highest BCUT2D eigenvalue weighted by atomic mass is 79.9. The van der Waals surface area contributed by atoms with Gasteiger partial charge in [-0.1, -0.05) is 27.7 Å². The summed E-state index contributed by atoms with van der Waals surface area (Å²) in [5.74, 6) is -0.542. The van der Waals surface area contributed by atoms with E-state index in [1.165, 1.54) is 0 Å². The van der Waals surface area contributed by atoms with Crippen molar-refractivity contribution in [2.24, 2.45) is 0 Å². The van der Waals surface area contributed by atoms with E-state index in [9.17, 15) is 14.4 Å². The topological polar surface area (TPSA) is 130 Å². The lowest BCUT2D eigenvalue weighted by Crippen LogP contribution is -2.41. The van der Waals surface area contributed by atoms with E-state index >= 15 is 0 Å². The van der Waals surface area contributed by atoms with Gasteiger partial charge in [0.1, 0.15) is 5.69 Å². The molecular weight excluding hydrogens is 450 g/mol. The van der Waals surface area contributed by atoms with E-state index < -0.39 is 11.5 Å². The zero-order valence-electron chi connectivity index (χ0n) is 14.7. The van der Waals surface area contributed by atoms with Crippen LogP contribution in [0, 0.1) is 0 Å². The number of nitrogen functional groups attached to an aromatic ring is 1. The maximum Gasteiger partial charge on any atom is 0.277 e. The van der Waals surface area contributed by atoms with Crippen molar-refractivity contribution < 1.29 is 14.3 Å². The highest BCUT2D eigenvalue weighted by Gasteiger charge is 2.18. The minimum atomic E-state index is -0.584.